The summed E-state index contributed by atoms with van der Waals surface area (Å²) in [7, 11) is 0. The number of halogens is 1. The molecule has 1 aromatic carbocycles. The molecule has 0 aliphatic rings. The first-order chi connectivity index (χ1) is 9.47. The van der Waals surface area contributed by atoms with Gasteiger partial charge in [0.25, 0.3) is 5.56 Å². The van der Waals surface area contributed by atoms with Gasteiger partial charge in [0.2, 0.25) is 0 Å². The lowest BCUT2D eigenvalue weighted by molar-refractivity contribution is 0.104. The molecule has 102 valence electrons. The highest BCUT2D eigenvalue weighted by atomic mass is 35.5. The molecule has 2 aromatic rings. The summed E-state index contributed by atoms with van der Waals surface area (Å²) in [4.78, 5) is 26.6. The maximum absolute atomic E-state index is 12.1. The number of hydrogen-bond donors (Lipinski definition) is 1. The van der Waals surface area contributed by atoms with Crippen LogP contribution in [-0.4, -0.2) is 10.8 Å². The zero-order valence-electron chi connectivity index (χ0n) is 11.2. The lowest BCUT2D eigenvalue weighted by atomic mass is 10.1. The Balaban J connectivity index is 2.32. The molecule has 0 saturated carbocycles. The van der Waals surface area contributed by atoms with Crippen molar-refractivity contribution in [3.8, 4) is 0 Å². The Hall–Kier alpha value is -2.13. The van der Waals surface area contributed by atoms with E-state index in [0.717, 1.165) is 11.3 Å². The molecule has 0 radical (unpaired) electrons. The normalized spacial score (nSPS) is 10.9. The highest BCUT2D eigenvalue weighted by Crippen LogP contribution is 2.12. The van der Waals surface area contributed by atoms with E-state index < -0.39 is 0 Å². The second-order valence-corrected chi connectivity index (χ2v) is 5.03. The molecule has 0 unspecified atom stereocenters. The van der Waals surface area contributed by atoms with Gasteiger partial charge in [-0.05, 0) is 49.2 Å². The Bertz CT molecular complexity index is 744. The molecule has 3 nitrogen and oxygen atoms in total. The number of aromatic nitrogens is 1. The Morgan fingerprint density at radius 2 is 2.00 bits per heavy atom. The number of nitrogens with one attached hydrogen (secondary N) is 1. The summed E-state index contributed by atoms with van der Waals surface area (Å²) in [5.74, 6) is -0.316. The number of aryl methyl sites for hydroxylation is 2. The summed E-state index contributed by atoms with van der Waals surface area (Å²) >= 11 is 5.87. The first-order valence-electron chi connectivity index (χ1n) is 6.16. The van der Waals surface area contributed by atoms with Crippen molar-refractivity contribution in [1.82, 2.24) is 4.98 Å². The summed E-state index contributed by atoms with van der Waals surface area (Å²) in [6.45, 7) is 3.53. The van der Waals surface area contributed by atoms with Gasteiger partial charge in [0.1, 0.15) is 0 Å². The van der Waals surface area contributed by atoms with Crippen molar-refractivity contribution in [3.05, 3.63) is 74.2 Å². The topological polar surface area (TPSA) is 49.9 Å². The monoisotopic (exact) mass is 287 g/mol. The van der Waals surface area contributed by atoms with Crippen LogP contribution in [0.15, 0.2) is 41.2 Å². The number of benzene rings is 1. The van der Waals surface area contributed by atoms with Gasteiger partial charge in [-0.25, -0.2) is 0 Å². The average molecular weight is 288 g/mol. The minimum atomic E-state index is -0.358. The van der Waals surface area contributed by atoms with Gasteiger partial charge in [0.05, 0.1) is 5.56 Å². The van der Waals surface area contributed by atoms with Gasteiger partial charge in [0.15, 0.2) is 5.78 Å². The van der Waals surface area contributed by atoms with Gasteiger partial charge < -0.3 is 4.98 Å². The molecule has 0 bridgehead atoms. The Morgan fingerprint density at radius 1 is 1.25 bits per heavy atom. The molecule has 0 saturated heterocycles. The van der Waals surface area contributed by atoms with Crippen LogP contribution in [0.25, 0.3) is 6.08 Å². The molecule has 0 aliphatic carbocycles. The molecule has 1 heterocycles. The van der Waals surface area contributed by atoms with Crippen molar-refractivity contribution in [2.45, 2.75) is 13.8 Å². The van der Waals surface area contributed by atoms with Gasteiger partial charge in [0, 0.05) is 10.7 Å². The summed E-state index contributed by atoms with van der Waals surface area (Å²) < 4.78 is 0. The maximum atomic E-state index is 12.1. The minimum Gasteiger partial charge on any atom is -0.326 e. The molecule has 0 atom stereocenters. The molecule has 0 fully saturated rings. The first-order valence-corrected chi connectivity index (χ1v) is 6.53. The Morgan fingerprint density at radius 3 is 2.65 bits per heavy atom. The fraction of sp³-hybridized carbons (Fsp3) is 0.125. The summed E-state index contributed by atoms with van der Waals surface area (Å²) in [6, 6.07) is 8.92. The van der Waals surface area contributed by atoms with Crippen molar-refractivity contribution >= 4 is 23.5 Å². The molecule has 2 rings (SSSR count). The third kappa shape index (κ3) is 3.25. The zero-order chi connectivity index (χ0) is 14.7. The van der Waals surface area contributed by atoms with E-state index in [1.54, 1.807) is 44.2 Å². The van der Waals surface area contributed by atoms with Gasteiger partial charge in [-0.2, -0.15) is 0 Å². The van der Waals surface area contributed by atoms with Crippen LogP contribution < -0.4 is 5.56 Å². The van der Waals surface area contributed by atoms with Crippen molar-refractivity contribution in [1.29, 1.82) is 0 Å². The van der Waals surface area contributed by atoms with E-state index in [1.165, 1.54) is 6.08 Å². The third-order valence-corrected chi connectivity index (χ3v) is 3.12. The molecular formula is C16H14ClNO2. The van der Waals surface area contributed by atoms with E-state index in [0.29, 0.717) is 10.6 Å². The van der Waals surface area contributed by atoms with Crippen LogP contribution in [0.3, 0.4) is 0 Å². The molecule has 1 aromatic heterocycles. The maximum Gasteiger partial charge on any atom is 0.259 e. The number of aromatic amines is 1. The van der Waals surface area contributed by atoms with Crippen LogP contribution in [-0.2, 0) is 0 Å². The molecular weight excluding hydrogens is 274 g/mol. The van der Waals surface area contributed by atoms with Crippen LogP contribution in [0.2, 0.25) is 5.02 Å². The standard InChI is InChI=1S/C16H14ClNO2/c1-10-8-11(2)18-16(20)15(10)14(19)7-6-12-4-3-5-13(17)9-12/h3-9H,1-2H3,(H,18,20)/b7-6+. The molecule has 1 N–H and O–H groups in total. The number of H-pyrrole nitrogens is 1. The number of ketones is 1. The smallest absolute Gasteiger partial charge is 0.259 e. The highest BCUT2D eigenvalue weighted by molar-refractivity contribution is 6.30. The molecule has 0 amide bonds. The Labute approximate surface area is 121 Å². The van der Waals surface area contributed by atoms with Gasteiger partial charge in [-0.15, -0.1) is 0 Å². The predicted molar refractivity (Wildman–Crippen MR) is 81.4 cm³/mol. The third-order valence-electron chi connectivity index (χ3n) is 2.89. The zero-order valence-corrected chi connectivity index (χ0v) is 12.0. The lowest BCUT2D eigenvalue weighted by Crippen LogP contribution is -2.19. The van der Waals surface area contributed by atoms with Crippen molar-refractivity contribution in [2.75, 3.05) is 0 Å². The van der Waals surface area contributed by atoms with Crippen molar-refractivity contribution < 1.29 is 4.79 Å². The van der Waals surface area contributed by atoms with Crippen molar-refractivity contribution in [3.63, 3.8) is 0 Å². The van der Waals surface area contributed by atoms with Gasteiger partial charge in [-0.3, -0.25) is 9.59 Å². The van der Waals surface area contributed by atoms with E-state index in [9.17, 15) is 9.59 Å². The van der Waals surface area contributed by atoms with E-state index in [1.807, 2.05) is 6.07 Å². The van der Waals surface area contributed by atoms with Crippen LogP contribution in [0.4, 0.5) is 0 Å². The molecule has 0 aliphatic heterocycles. The van der Waals surface area contributed by atoms with E-state index in [2.05, 4.69) is 4.98 Å². The highest BCUT2D eigenvalue weighted by Gasteiger charge is 2.11. The van der Waals surface area contributed by atoms with Crippen LogP contribution >= 0.6 is 11.6 Å². The number of allylic oxidation sites excluding steroid dienone is 1. The second kappa shape index (κ2) is 5.88. The minimum absolute atomic E-state index is 0.175. The summed E-state index contributed by atoms with van der Waals surface area (Å²) in [5.41, 5.74) is 2.04. The molecule has 0 spiro atoms. The van der Waals surface area contributed by atoms with Gasteiger partial charge in [-0.1, -0.05) is 29.8 Å². The van der Waals surface area contributed by atoms with E-state index >= 15 is 0 Å². The first kappa shape index (κ1) is 14.3. The SMILES string of the molecule is Cc1cc(C)c(C(=O)/C=C/c2cccc(Cl)c2)c(=O)[nH]1. The summed E-state index contributed by atoms with van der Waals surface area (Å²) in [6.07, 6.45) is 3.03. The number of rotatable bonds is 3. The Kier molecular flexibility index (Phi) is 4.20. The average Bonchev–Trinajstić information content (AvgIpc) is 2.35. The molecule has 20 heavy (non-hydrogen) atoms. The fourth-order valence-corrected chi connectivity index (χ4v) is 2.22. The lowest BCUT2D eigenvalue weighted by Gasteiger charge is -2.02. The quantitative estimate of drug-likeness (QED) is 0.693. The van der Waals surface area contributed by atoms with E-state index in [-0.39, 0.29) is 16.9 Å². The fourth-order valence-electron chi connectivity index (χ4n) is 2.03. The summed E-state index contributed by atoms with van der Waals surface area (Å²) in [5, 5.41) is 0.601. The number of pyridine rings is 1. The largest absolute Gasteiger partial charge is 0.326 e. The van der Waals surface area contributed by atoms with Crippen molar-refractivity contribution in [2.24, 2.45) is 0 Å². The second-order valence-electron chi connectivity index (χ2n) is 4.59. The molecule has 4 heteroatoms. The van der Waals surface area contributed by atoms with E-state index in [4.69, 9.17) is 11.6 Å². The van der Waals surface area contributed by atoms with Crippen LogP contribution in [0.5, 0.6) is 0 Å². The number of carbonyl (C=O) groups excluding carboxylic acids is 1. The van der Waals surface area contributed by atoms with Crippen LogP contribution in [0.1, 0.15) is 27.2 Å². The number of hydrogen-bond acceptors (Lipinski definition) is 2. The predicted octanol–water partition coefficient (Wildman–Crippen LogP) is 3.54. The number of carbonyl (C=O) groups is 1. The van der Waals surface area contributed by atoms with Gasteiger partial charge >= 0.3 is 0 Å². The van der Waals surface area contributed by atoms with Crippen LogP contribution in [0, 0.1) is 13.8 Å².